The molecule has 3 saturated heterocycles. The van der Waals surface area contributed by atoms with E-state index < -0.39 is 48.6 Å². The van der Waals surface area contributed by atoms with Gasteiger partial charge in [0.05, 0.1) is 25.4 Å². The van der Waals surface area contributed by atoms with Gasteiger partial charge in [-0.1, -0.05) is 12.2 Å². The van der Waals surface area contributed by atoms with Crippen LogP contribution in [0.4, 0.5) is 0 Å². The molecule has 0 saturated carbocycles. The van der Waals surface area contributed by atoms with E-state index in [-0.39, 0.29) is 0 Å². The summed E-state index contributed by atoms with van der Waals surface area (Å²) in [5.41, 5.74) is 0. The molecule has 4 heterocycles. The monoisotopic (exact) mass is 352 g/mol. The predicted octanol–water partition coefficient (Wildman–Crippen LogP) is 1.70. The van der Waals surface area contributed by atoms with Crippen LogP contribution in [0.15, 0.2) is 12.2 Å². The van der Waals surface area contributed by atoms with Crippen LogP contribution in [0.5, 0.6) is 0 Å². The minimum absolute atomic E-state index is 0.439. The fourth-order valence-corrected chi connectivity index (χ4v) is 3.89. The summed E-state index contributed by atoms with van der Waals surface area (Å²) >= 11 is 0. The molecule has 0 aromatic carbocycles. The molecule has 0 spiro atoms. The summed E-state index contributed by atoms with van der Waals surface area (Å²) in [4.78, 5) is 25.3. The molecule has 0 aromatic heterocycles. The Bertz CT molecular complexity index is 488. The third-order valence-corrected chi connectivity index (χ3v) is 5.21. The third-order valence-electron chi connectivity index (χ3n) is 5.21. The molecule has 4 rings (SSSR count). The van der Waals surface area contributed by atoms with E-state index in [0.29, 0.717) is 26.1 Å². The molecule has 7 nitrogen and oxygen atoms in total. The van der Waals surface area contributed by atoms with Gasteiger partial charge in [0.15, 0.2) is 0 Å². The van der Waals surface area contributed by atoms with Crippen LogP contribution in [-0.4, -0.2) is 49.9 Å². The normalized spacial score (nSPS) is 40.0. The van der Waals surface area contributed by atoms with Crippen molar-refractivity contribution in [3.63, 3.8) is 0 Å². The molecule has 3 fully saturated rings. The molecule has 7 heteroatoms. The molecular weight excluding hydrogens is 328 g/mol. The second-order valence-corrected chi connectivity index (χ2v) is 6.97. The van der Waals surface area contributed by atoms with Crippen molar-refractivity contribution >= 4 is 11.9 Å². The number of fused-ring (bicyclic) bond motifs is 2. The lowest BCUT2D eigenvalue weighted by molar-refractivity contribution is -0.201. The summed E-state index contributed by atoms with van der Waals surface area (Å²) in [5, 5.41) is 0. The predicted molar refractivity (Wildman–Crippen MR) is 84.1 cm³/mol. The number of ether oxygens (including phenoxy) is 5. The molecule has 25 heavy (non-hydrogen) atoms. The van der Waals surface area contributed by atoms with E-state index in [1.54, 1.807) is 0 Å². The zero-order chi connectivity index (χ0) is 17.2. The van der Waals surface area contributed by atoms with Gasteiger partial charge in [0, 0.05) is 12.8 Å². The first-order chi connectivity index (χ1) is 12.2. The quantitative estimate of drug-likeness (QED) is 0.563. The standard InChI is InChI=1S/C18H24O7/c19-17(24-13-5-1-3-9-21-13)15-11-7-8-12(23-11)16(15)18(20)25-14-6-2-4-10-22-14/h7-8,11-16H,1-6,9-10H2/t11-,12+,13?,14?,15-,16+. The Balaban J connectivity index is 1.41. The van der Waals surface area contributed by atoms with Crippen molar-refractivity contribution in [3.05, 3.63) is 12.2 Å². The zero-order valence-electron chi connectivity index (χ0n) is 14.1. The minimum Gasteiger partial charge on any atom is -0.435 e. The Kier molecular flexibility index (Phi) is 5.05. The largest absolute Gasteiger partial charge is 0.435 e. The maximum Gasteiger partial charge on any atom is 0.315 e. The van der Waals surface area contributed by atoms with Crippen LogP contribution in [0.1, 0.15) is 38.5 Å². The maximum absolute atomic E-state index is 12.7. The Labute approximate surface area is 146 Å². The van der Waals surface area contributed by atoms with Gasteiger partial charge >= 0.3 is 11.9 Å². The van der Waals surface area contributed by atoms with Crippen molar-refractivity contribution in [2.75, 3.05) is 13.2 Å². The third kappa shape index (κ3) is 3.59. The Morgan fingerprint density at radius 2 is 1.24 bits per heavy atom. The average molecular weight is 352 g/mol. The van der Waals surface area contributed by atoms with Crippen LogP contribution in [0.2, 0.25) is 0 Å². The lowest BCUT2D eigenvalue weighted by Crippen LogP contribution is -2.41. The van der Waals surface area contributed by atoms with Gasteiger partial charge in [-0.25, -0.2) is 0 Å². The van der Waals surface area contributed by atoms with Crippen LogP contribution >= 0.6 is 0 Å². The number of rotatable bonds is 4. The molecule has 138 valence electrons. The lowest BCUT2D eigenvalue weighted by atomic mass is 9.83. The fourth-order valence-electron chi connectivity index (χ4n) is 3.89. The van der Waals surface area contributed by atoms with Gasteiger partial charge in [0.2, 0.25) is 12.6 Å². The van der Waals surface area contributed by atoms with E-state index in [2.05, 4.69) is 0 Å². The average Bonchev–Trinajstić information content (AvgIpc) is 3.24. The first-order valence-electron chi connectivity index (χ1n) is 9.20. The maximum atomic E-state index is 12.7. The molecule has 4 aliphatic rings. The van der Waals surface area contributed by atoms with E-state index >= 15 is 0 Å². The summed E-state index contributed by atoms with van der Waals surface area (Å²) in [6.45, 7) is 1.19. The van der Waals surface area contributed by atoms with Gasteiger partial charge in [-0.2, -0.15) is 0 Å². The topological polar surface area (TPSA) is 80.3 Å². The number of hydrogen-bond donors (Lipinski definition) is 0. The van der Waals surface area contributed by atoms with Gasteiger partial charge in [0.1, 0.15) is 11.8 Å². The highest BCUT2D eigenvalue weighted by molar-refractivity contribution is 5.85. The number of carbonyl (C=O) groups excluding carboxylic acids is 2. The fraction of sp³-hybridized carbons (Fsp3) is 0.778. The van der Waals surface area contributed by atoms with Gasteiger partial charge in [0.25, 0.3) is 0 Å². The van der Waals surface area contributed by atoms with Crippen molar-refractivity contribution < 1.29 is 33.3 Å². The zero-order valence-corrected chi connectivity index (χ0v) is 14.1. The van der Waals surface area contributed by atoms with Crippen molar-refractivity contribution in [2.45, 2.75) is 63.3 Å². The Morgan fingerprint density at radius 3 is 1.64 bits per heavy atom. The highest BCUT2D eigenvalue weighted by Gasteiger charge is 2.55. The molecule has 0 N–H and O–H groups in total. The van der Waals surface area contributed by atoms with Crippen molar-refractivity contribution in [1.82, 2.24) is 0 Å². The summed E-state index contributed by atoms with van der Waals surface area (Å²) in [6, 6.07) is 0. The van der Waals surface area contributed by atoms with Gasteiger partial charge < -0.3 is 23.7 Å². The SMILES string of the molecule is O=C(OC1CCCCO1)[C@@H]1[C@H](C(=O)OC2CCCCO2)[C@H]2C=C[C@@H]1O2. The van der Waals surface area contributed by atoms with Gasteiger partial charge in [-0.3, -0.25) is 9.59 Å². The molecule has 2 unspecified atom stereocenters. The summed E-state index contributed by atoms with van der Waals surface area (Å²) in [5.74, 6) is -2.27. The number of carbonyl (C=O) groups is 2. The number of hydrogen-bond acceptors (Lipinski definition) is 7. The molecule has 0 aliphatic carbocycles. The highest BCUT2D eigenvalue weighted by Crippen LogP contribution is 2.41. The van der Waals surface area contributed by atoms with E-state index in [4.69, 9.17) is 23.7 Å². The van der Waals surface area contributed by atoms with Crippen LogP contribution in [0.25, 0.3) is 0 Å². The second-order valence-electron chi connectivity index (χ2n) is 6.97. The molecule has 6 atom stereocenters. The van der Waals surface area contributed by atoms with Crippen molar-refractivity contribution in [2.24, 2.45) is 11.8 Å². The van der Waals surface area contributed by atoms with Crippen molar-refractivity contribution in [3.8, 4) is 0 Å². The van der Waals surface area contributed by atoms with Crippen LogP contribution in [-0.2, 0) is 33.3 Å². The van der Waals surface area contributed by atoms with E-state index in [9.17, 15) is 9.59 Å². The smallest absolute Gasteiger partial charge is 0.315 e. The van der Waals surface area contributed by atoms with Crippen LogP contribution in [0.3, 0.4) is 0 Å². The van der Waals surface area contributed by atoms with E-state index in [1.165, 1.54) is 0 Å². The molecule has 0 amide bonds. The van der Waals surface area contributed by atoms with E-state index in [0.717, 1.165) is 25.7 Å². The van der Waals surface area contributed by atoms with E-state index in [1.807, 2.05) is 12.2 Å². The second kappa shape index (κ2) is 7.43. The first-order valence-corrected chi connectivity index (χ1v) is 9.20. The Morgan fingerprint density at radius 1 is 0.760 bits per heavy atom. The minimum atomic E-state index is -0.684. The number of esters is 2. The lowest BCUT2D eigenvalue weighted by Gasteiger charge is -2.28. The summed E-state index contributed by atoms with van der Waals surface area (Å²) in [7, 11) is 0. The van der Waals surface area contributed by atoms with Crippen molar-refractivity contribution in [1.29, 1.82) is 0 Å². The van der Waals surface area contributed by atoms with Crippen LogP contribution in [0, 0.1) is 11.8 Å². The Hall–Kier alpha value is -1.44. The molecule has 2 bridgehead atoms. The molecule has 4 aliphatic heterocycles. The molecule has 0 aromatic rings. The summed E-state index contributed by atoms with van der Waals surface area (Å²) < 4.78 is 27.6. The summed E-state index contributed by atoms with van der Waals surface area (Å²) in [6.07, 6.45) is 6.98. The van der Waals surface area contributed by atoms with Crippen LogP contribution < -0.4 is 0 Å². The highest BCUT2D eigenvalue weighted by atomic mass is 16.7. The molecular formula is C18H24O7. The first kappa shape index (κ1) is 17.0. The van der Waals surface area contributed by atoms with Gasteiger partial charge in [-0.05, 0) is 25.7 Å². The van der Waals surface area contributed by atoms with Gasteiger partial charge in [-0.15, -0.1) is 0 Å². The molecule has 0 radical (unpaired) electrons.